The Kier molecular flexibility index (Phi) is 6.56. The molecular weight excluding hydrogens is 422 g/mol. The SMILES string of the molecule is CCC[C@@](Cl)(Cc1ccc(-n2cnc(C)c2)c(OC)c1)C(=O)NC1Cc2ccccc2C1. The third-order valence-corrected chi connectivity index (χ3v) is 6.65. The minimum Gasteiger partial charge on any atom is -0.495 e. The van der Waals surface area contributed by atoms with Crippen LogP contribution in [-0.4, -0.2) is 33.5 Å². The number of nitrogens with zero attached hydrogens (tertiary/aromatic N) is 2. The summed E-state index contributed by atoms with van der Waals surface area (Å²) in [5, 5.41) is 3.23. The fraction of sp³-hybridized carbons (Fsp3) is 0.385. The number of halogens is 1. The molecule has 0 fully saturated rings. The van der Waals surface area contributed by atoms with Crippen molar-refractivity contribution in [2.45, 2.75) is 56.9 Å². The van der Waals surface area contributed by atoms with E-state index in [-0.39, 0.29) is 11.9 Å². The van der Waals surface area contributed by atoms with E-state index < -0.39 is 4.87 Å². The van der Waals surface area contributed by atoms with Gasteiger partial charge in [0, 0.05) is 18.7 Å². The lowest BCUT2D eigenvalue weighted by molar-refractivity contribution is -0.124. The van der Waals surface area contributed by atoms with E-state index in [2.05, 4.69) is 29.4 Å². The Labute approximate surface area is 194 Å². The summed E-state index contributed by atoms with van der Waals surface area (Å²) in [6.45, 7) is 4.01. The topological polar surface area (TPSA) is 56.2 Å². The van der Waals surface area contributed by atoms with E-state index >= 15 is 0 Å². The van der Waals surface area contributed by atoms with E-state index in [1.165, 1.54) is 11.1 Å². The van der Waals surface area contributed by atoms with Crippen LogP contribution < -0.4 is 10.1 Å². The number of aromatic nitrogens is 2. The molecule has 168 valence electrons. The van der Waals surface area contributed by atoms with Gasteiger partial charge in [0.05, 0.1) is 24.8 Å². The van der Waals surface area contributed by atoms with Crippen molar-refractivity contribution in [2.75, 3.05) is 7.11 Å². The van der Waals surface area contributed by atoms with Crippen molar-refractivity contribution in [1.29, 1.82) is 0 Å². The summed E-state index contributed by atoms with van der Waals surface area (Å²) >= 11 is 7.00. The molecule has 0 unspecified atom stereocenters. The summed E-state index contributed by atoms with van der Waals surface area (Å²) in [4.78, 5) is 16.6. The fourth-order valence-corrected chi connectivity index (χ4v) is 4.97. The van der Waals surface area contributed by atoms with Crippen molar-refractivity contribution in [3.05, 3.63) is 77.4 Å². The number of amides is 1. The molecule has 1 aliphatic rings. The summed E-state index contributed by atoms with van der Waals surface area (Å²) in [6, 6.07) is 14.4. The molecular formula is C26H30ClN3O2. The molecule has 1 aliphatic carbocycles. The molecule has 0 spiro atoms. The van der Waals surface area contributed by atoms with Gasteiger partial charge in [-0.2, -0.15) is 0 Å². The second-order valence-corrected chi connectivity index (χ2v) is 9.39. The Morgan fingerprint density at radius 1 is 1.25 bits per heavy atom. The van der Waals surface area contributed by atoms with Gasteiger partial charge in [-0.25, -0.2) is 4.98 Å². The van der Waals surface area contributed by atoms with E-state index in [1.807, 2.05) is 48.0 Å². The third kappa shape index (κ3) is 4.68. The number of alkyl halides is 1. The molecule has 5 nitrogen and oxygen atoms in total. The molecule has 32 heavy (non-hydrogen) atoms. The van der Waals surface area contributed by atoms with Crippen LogP contribution in [0.3, 0.4) is 0 Å². The average molecular weight is 452 g/mol. The maximum absolute atomic E-state index is 13.3. The number of rotatable bonds is 8. The second-order valence-electron chi connectivity index (χ2n) is 8.67. The number of fused-ring (bicyclic) bond motifs is 1. The number of nitrogens with one attached hydrogen (secondary N) is 1. The fourth-order valence-electron chi connectivity index (χ4n) is 4.58. The second kappa shape index (κ2) is 9.37. The van der Waals surface area contributed by atoms with Crippen molar-refractivity contribution >= 4 is 17.5 Å². The predicted molar refractivity (Wildman–Crippen MR) is 128 cm³/mol. The Morgan fingerprint density at radius 3 is 2.56 bits per heavy atom. The maximum atomic E-state index is 13.3. The smallest absolute Gasteiger partial charge is 0.241 e. The van der Waals surface area contributed by atoms with Gasteiger partial charge in [0.2, 0.25) is 5.91 Å². The van der Waals surface area contributed by atoms with Crippen LogP contribution >= 0.6 is 11.6 Å². The molecule has 4 rings (SSSR count). The van der Waals surface area contributed by atoms with E-state index in [0.29, 0.717) is 12.8 Å². The van der Waals surface area contributed by atoms with Crippen molar-refractivity contribution in [3.8, 4) is 11.4 Å². The Morgan fingerprint density at radius 2 is 1.97 bits per heavy atom. The molecule has 0 saturated carbocycles. The molecule has 0 saturated heterocycles. The van der Waals surface area contributed by atoms with Crippen LogP contribution in [0.1, 0.15) is 42.1 Å². The summed E-state index contributed by atoms with van der Waals surface area (Å²) < 4.78 is 7.57. The summed E-state index contributed by atoms with van der Waals surface area (Å²) in [5.41, 5.74) is 5.42. The molecule has 0 radical (unpaired) electrons. The zero-order valence-corrected chi connectivity index (χ0v) is 19.7. The van der Waals surface area contributed by atoms with Gasteiger partial charge in [0.15, 0.2) is 0 Å². The standard InChI is InChI=1S/C26H30ClN3O2/c1-4-11-26(27,25(31)29-22-13-20-7-5-6-8-21(20)14-22)15-19-9-10-23(24(12-19)32-3)30-16-18(2)28-17-30/h5-10,12,16-17,22H,4,11,13-15H2,1-3H3,(H,29,31)/t26-/m1/s1. The molecule has 1 atom stereocenters. The van der Waals surface area contributed by atoms with Crippen molar-refractivity contribution < 1.29 is 9.53 Å². The highest BCUT2D eigenvalue weighted by Gasteiger charge is 2.37. The highest BCUT2D eigenvalue weighted by atomic mass is 35.5. The van der Waals surface area contributed by atoms with Crippen LogP contribution in [0.25, 0.3) is 5.69 Å². The zero-order chi connectivity index (χ0) is 22.7. The lowest BCUT2D eigenvalue weighted by atomic mass is 9.92. The van der Waals surface area contributed by atoms with Crippen molar-refractivity contribution in [2.24, 2.45) is 0 Å². The molecule has 6 heteroatoms. The van der Waals surface area contributed by atoms with E-state index in [9.17, 15) is 4.79 Å². The number of hydrogen-bond donors (Lipinski definition) is 1. The Hall–Kier alpha value is -2.79. The summed E-state index contributed by atoms with van der Waals surface area (Å²) in [7, 11) is 1.65. The van der Waals surface area contributed by atoms with Crippen molar-refractivity contribution in [1.82, 2.24) is 14.9 Å². The number of imidazole rings is 1. The predicted octanol–water partition coefficient (Wildman–Crippen LogP) is 4.79. The largest absolute Gasteiger partial charge is 0.495 e. The molecule has 1 amide bonds. The van der Waals surface area contributed by atoms with Gasteiger partial charge >= 0.3 is 0 Å². The molecule has 0 aliphatic heterocycles. The first-order valence-electron chi connectivity index (χ1n) is 11.2. The number of ether oxygens (including phenoxy) is 1. The molecule has 0 bridgehead atoms. The minimum atomic E-state index is -0.998. The maximum Gasteiger partial charge on any atom is 0.241 e. The lowest BCUT2D eigenvalue weighted by Gasteiger charge is -2.28. The first kappa shape index (κ1) is 22.4. The molecule has 1 N–H and O–H groups in total. The zero-order valence-electron chi connectivity index (χ0n) is 18.9. The normalized spacial score (nSPS) is 15.2. The molecule has 2 aromatic carbocycles. The third-order valence-electron chi connectivity index (χ3n) is 6.16. The first-order valence-corrected chi connectivity index (χ1v) is 11.5. The Balaban J connectivity index is 1.51. The summed E-state index contributed by atoms with van der Waals surface area (Å²) in [5.74, 6) is 0.633. The van der Waals surface area contributed by atoms with Crippen LogP contribution in [0.15, 0.2) is 55.0 Å². The van der Waals surface area contributed by atoms with E-state index in [1.54, 1.807) is 13.4 Å². The average Bonchev–Trinajstić information content (AvgIpc) is 3.39. The van der Waals surface area contributed by atoms with Crippen molar-refractivity contribution in [3.63, 3.8) is 0 Å². The van der Waals surface area contributed by atoms with Crippen LogP contribution in [0, 0.1) is 6.92 Å². The quantitative estimate of drug-likeness (QED) is 0.501. The number of methoxy groups -OCH3 is 1. The number of carbonyl (C=O) groups is 1. The lowest BCUT2D eigenvalue weighted by Crippen LogP contribution is -2.48. The molecule has 1 aromatic heterocycles. The number of carbonyl (C=O) groups excluding carboxylic acids is 1. The van der Waals surface area contributed by atoms with Gasteiger partial charge in [0.25, 0.3) is 0 Å². The van der Waals surface area contributed by atoms with Gasteiger partial charge in [-0.3, -0.25) is 4.79 Å². The monoisotopic (exact) mass is 451 g/mol. The van der Waals surface area contributed by atoms with E-state index in [0.717, 1.165) is 42.0 Å². The van der Waals surface area contributed by atoms with Gasteiger partial charge in [0.1, 0.15) is 10.6 Å². The number of hydrogen-bond acceptors (Lipinski definition) is 3. The number of aryl methyl sites for hydroxylation is 1. The number of benzene rings is 2. The molecule has 1 heterocycles. The van der Waals surface area contributed by atoms with E-state index in [4.69, 9.17) is 16.3 Å². The van der Waals surface area contributed by atoms with Gasteiger partial charge in [-0.15, -0.1) is 11.6 Å². The highest BCUT2D eigenvalue weighted by Crippen LogP contribution is 2.32. The molecule has 3 aromatic rings. The summed E-state index contributed by atoms with van der Waals surface area (Å²) in [6.07, 6.45) is 7.29. The van der Waals surface area contributed by atoms with Crippen LogP contribution in [0.4, 0.5) is 0 Å². The minimum absolute atomic E-state index is 0.0906. The van der Waals surface area contributed by atoms with Gasteiger partial charge in [-0.05, 0) is 55.0 Å². The van der Waals surface area contributed by atoms with Crippen LogP contribution in [0.2, 0.25) is 0 Å². The van der Waals surface area contributed by atoms with Gasteiger partial charge in [-0.1, -0.05) is 43.7 Å². The highest BCUT2D eigenvalue weighted by molar-refractivity contribution is 6.35. The van der Waals surface area contributed by atoms with Crippen LogP contribution in [0.5, 0.6) is 5.75 Å². The van der Waals surface area contributed by atoms with Gasteiger partial charge < -0.3 is 14.6 Å². The first-order chi connectivity index (χ1) is 15.4. The van der Waals surface area contributed by atoms with Crippen LogP contribution in [-0.2, 0) is 24.1 Å². The Bertz CT molecular complexity index is 1080.